The van der Waals surface area contributed by atoms with E-state index in [0.717, 1.165) is 17.7 Å². The molecule has 9 heteroatoms. The van der Waals surface area contributed by atoms with Gasteiger partial charge in [-0.3, -0.25) is 9.59 Å². The summed E-state index contributed by atoms with van der Waals surface area (Å²) < 4.78 is 43.9. The van der Waals surface area contributed by atoms with Crippen LogP contribution in [0.3, 0.4) is 0 Å². The van der Waals surface area contributed by atoms with Crippen molar-refractivity contribution in [3.05, 3.63) is 112 Å². The van der Waals surface area contributed by atoms with Gasteiger partial charge in [-0.05, 0) is 11.6 Å². The zero-order valence-corrected chi connectivity index (χ0v) is 19.4. The highest BCUT2D eigenvalue weighted by Gasteiger charge is 2.26. The maximum absolute atomic E-state index is 14.2. The number of benzene rings is 2. The molecule has 1 amide bonds. The van der Waals surface area contributed by atoms with Crippen LogP contribution in [0.1, 0.15) is 33.5 Å². The zero-order chi connectivity index (χ0) is 25.4. The number of methoxy groups -OCH3 is 2. The summed E-state index contributed by atoms with van der Waals surface area (Å²) >= 11 is 0. The molecule has 0 saturated carbocycles. The average molecular weight is 484 g/mol. The molecule has 0 aliphatic carbocycles. The fourth-order valence-corrected chi connectivity index (χ4v) is 3.47. The van der Waals surface area contributed by atoms with E-state index in [0.29, 0.717) is 0 Å². The summed E-state index contributed by atoms with van der Waals surface area (Å²) in [7, 11) is 2.80. The largest absolute Gasteiger partial charge is 0.483 e. The van der Waals surface area contributed by atoms with E-state index in [9.17, 15) is 18.4 Å². The molecule has 0 unspecified atom stereocenters. The predicted molar refractivity (Wildman–Crippen MR) is 126 cm³/mol. The van der Waals surface area contributed by atoms with Gasteiger partial charge in [0, 0.05) is 45.1 Å². The van der Waals surface area contributed by atoms with Gasteiger partial charge in [0.15, 0.2) is 5.75 Å². The molecule has 0 atom stereocenters. The maximum Gasteiger partial charge on any atom is 0.260 e. The molecule has 1 N–H and O–H groups in total. The van der Waals surface area contributed by atoms with Crippen LogP contribution in [0.25, 0.3) is 0 Å². The van der Waals surface area contributed by atoms with Crippen molar-refractivity contribution < 1.29 is 27.8 Å². The maximum atomic E-state index is 14.2. The molecule has 0 fully saturated rings. The minimum absolute atomic E-state index is 0.0236. The van der Waals surface area contributed by atoms with Crippen LogP contribution in [-0.2, 0) is 22.6 Å². The molecule has 1 aromatic heterocycles. The fraction of sp³-hybridized carbons (Fsp3) is 0.231. The van der Waals surface area contributed by atoms with Crippen molar-refractivity contribution >= 4 is 5.91 Å². The molecule has 35 heavy (non-hydrogen) atoms. The summed E-state index contributed by atoms with van der Waals surface area (Å²) in [5.74, 6) is -2.35. The minimum Gasteiger partial charge on any atom is -0.483 e. The number of aromatic amines is 1. The second kappa shape index (κ2) is 12.0. The van der Waals surface area contributed by atoms with Crippen LogP contribution in [0.15, 0.2) is 72.2 Å². The summed E-state index contributed by atoms with van der Waals surface area (Å²) in [6.45, 7) is 3.51. The molecular weight excluding hydrogens is 458 g/mol. The van der Waals surface area contributed by atoms with E-state index in [2.05, 4.69) is 11.6 Å². The lowest BCUT2D eigenvalue weighted by atomic mass is 10.1. The predicted octanol–water partition coefficient (Wildman–Crippen LogP) is 4.35. The van der Waals surface area contributed by atoms with Gasteiger partial charge in [0.25, 0.3) is 5.91 Å². The zero-order valence-electron chi connectivity index (χ0n) is 19.4. The summed E-state index contributed by atoms with van der Waals surface area (Å²) in [5.41, 5.74) is 0.182. The van der Waals surface area contributed by atoms with Crippen molar-refractivity contribution in [3.63, 3.8) is 0 Å². The van der Waals surface area contributed by atoms with Gasteiger partial charge >= 0.3 is 0 Å². The second-order valence-electron chi connectivity index (χ2n) is 7.56. The van der Waals surface area contributed by atoms with E-state index in [1.54, 1.807) is 0 Å². The molecule has 0 aliphatic rings. The van der Waals surface area contributed by atoms with Crippen molar-refractivity contribution in [1.82, 2.24) is 9.88 Å². The molecule has 0 spiro atoms. The van der Waals surface area contributed by atoms with Gasteiger partial charge in [0.1, 0.15) is 29.5 Å². The molecule has 0 bridgehead atoms. The minimum atomic E-state index is -0.949. The van der Waals surface area contributed by atoms with Gasteiger partial charge in [-0.15, -0.1) is 6.58 Å². The Morgan fingerprint density at radius 1 is 1.14 bits per heavy atom. The Labute approximate surface area is 201 Å². The molecular formula is C26H26F2N2O5. The second-order valence-corrected chi connectivity index (χ2v) is 7.56. The number of amides is 1. The van der Waals surface area contributed by atoms with Gasteiger partial charge in [-0.1, -0.05) is 42.5 Å². The van der Waals surface area contributed by atoms with Crippen LogP contribution in [0, 0.1) is 11.6 Å². The van der Waals surface area contributed by atoms with Crippen LogP contribution in [0.2, 0.25) is 0 Å². The average Bonchev–Trinajstić information content (AvgIpc) is 2.86. The summed E-state index contributed by atoms with van der Waals surface area (Å²) in [5, 5.41) is 0. The number of carbonyl (C=O) groups is 1. The Bertz CT molecular complexity index is 1230. The molecule has 2 aromatic carbocycles. The van der Waals surface area contributed by atoms with Crippen molar-refractivity contribution in [1.29, 1.82) is 0 Å². The van der Waals surface area contributed by atoms with E-state index >= 15 is 0 Å². The van der Waals surface area contributed by atoms with Crippen molar-refractivity contribution in [3.8, 4) is 5.75 Å². The van der Waals surface area contributed by atoms with Gasteiger partial charge < -0.3 is 24.1 Å². The first-order valence-corrected chi connectivity index (χ1v) is 10.7. The highest BCUT2D eigenvalue weighted by atomic mass is 19.1. The molecule has 0 aliphatic heterocycles. The van der Waals surface area contributed by atoms with Crippen LogP contribution >= 0.6 is 0 Å². The van der Waals surface area contributed by atoms with E-state index in [4.69, 9.17) is 14.2 Å². The lowest BCUT2D eigenvalue weighted by molar-refractivity contribution is -0.110. The number of H-pyrrole nitrogens is 1. The van der Waals surface area contributed by atoms with Gasteiger partial charge in [0.05, 0.1) is 0 Å². The smallest absolute Gasteiger partial charge is 0.260 e. The van der Waals surface area contributed by atoms with Crippen molar-refractivity contribution in [2.75, 3.05) is 20.8 Å². The summed E-state index contributed by atoms with van der Waals surface area (Å²) in [6.07, 6.45) is 1.73. The number of carbonyl (C=O) groups excluding carboxylic acids is 1. The summed E-state index contributed by atoms with van der Waals surface area (Å²) in [6, 6.07) is 12.3. The van der Waals surface area contributed by atoms with Crippen LogP contribution in [0.4, 0.5) is 8.78 Å². The number of hydrogen-bond acceptors (Lipinski definition) is 5. The number of aromatic nitrogens is 1. The Kier molecular flexibility index (Phi) is 8.88. The third-order valence-corrected chi connectivity index (χ3v) is 5.20. The lowest BCUT2D eigenvalue weighted by Crippen LogP contribution is -2.35. The Balaban J connectivity index is 1.98. The number of nitrogens with one attached hydrogen (secondary N) is 1. The Hall–Kier alpha value is -3.82. The molecule has 1 heterocycles. The number of pyridine rings is 1. The first kappa shape index (κ1) is 25.8. The Morgan fingerprint density at radius 3 is 2.49 bits per heavy atom. The first-order valence-electron chi connectivity index (χ1n) is 10.7. The number of rotatable bonds is 11. The monoisotopic (exact) mass is 484 g/mol. The van der Waals surface area contributed by atoms with Gasteiger partial charge in [0.2, 0.25) is 11.7 Å². The number of halogens is 2. The van der Waals surface area contributed by atoms with Gasteiger partial charge in [-0.25, -0.2) is 8.78 Å². The first-order chi connectivity index (χ1) is 16.9. The SMILES string of the molecule is C=CCN(Cc1ccc(F)cc1F)C(=O)c1c[nH]c(C(OC)OC)c(OCc2ccccc2)c1=O. The van der Waals surface area contributed by atoms with E-state index < -0.39 is 29.3 Å². The molecule has 7 nitrogen and oxygen atoms in total. The van der Waals surface area contributed by atoms with Gasteiger partial charge in [-0.2, -0.15) is 0 Å². The topological polar surface area (TPSA) is 80.9 Å². The van der Waals surface area contributed by atoms with Crippen LogP contribution < -0.4 is 10.2 Å². The number of nitrogens with zero attached hydrogens (tertiary/aromatic N) is 1. The van der Waals surface area contributed by atoms with Crippen molar-refractivity contribution in [2.45, 2.75) is 19.4 Å². The molecule has 0 radical (unpaired) electrons. The van der Waals surface area contributed by atoms with E-state index in [1.807, 2.05) is 30.3 Å². The molecule has 184 valence electrons. The highest BCUT2D eigenvalue weighted by molar-refractivity contribution is 5.94. The summed E-state index contributed by atoms with van der Waals surface area (Å²) in [4.78, 5) is 30.8. The Morgan fingerprint density at radius 2 is 1.86 bits per heavy atom. The normalized spacial score (nSPS) is 10.9. The van der Waals surface area contributed by atoms with E-state index in [-0.39, 0.29) is 42.3 Å². The lowest BCUT2D eigenvalue weighted by Gasteiger charge is -2.23. The third kappa shape index (κ3) is 6.20. The standard InChI is InChI=1S/C26H26F2N2O5/c1-4-12-30(15-18-10-11-19(27)13-21(18)28)25(32)20-14-29-22(26(33-2)34-3)24(23(20)31)35-16-17-8-6-5-7-9-17/h4-11,13-14,26H,1,12,15-16H2,2-3H3,(H,29,31). The number of hydrogen-bond donors (Lipinski definition) is 1. The molecule has 0 saturated heterocycles. The third-order valence-electron chi connectivity index (χ3n) is 5.20. The quantitative estimate of drug-likeness (QED) is 0.323. The van der Waals surface area contributed by atoms with E-state index in [1.165, 1.54) is 37.5 Å². The fourth-order valence-electron chi connectivity index (χ4n) is 3.47. The van der Waals surface area contributed by atoms with Crippen molar-refractivity contribution in [2.24, 2.45) is 0 Å². The molecule has 3 aromatic rings. The van der Waals surface area contributed by atoms with Crippen LogP contribution in [0.5, 0.6) is 5.75 Å². The van der Waals surface area contributed by atoms with Crippen LogP contribution in [-0.4, -0.2) is 36.6 Å². The molecule has 3 rings (SSSR count). The number of ether oxygens (including phenoxy) is 3. The highest BCUT2D eigenvalue weighted by Crippen LogP contribution is 2.25.